The van der Waals surface area contributed by atoms with Gasteiger partial charge in [0, 0.05) is 11.5 Å². The number of H-pyrrole nitrogens is 1. The van der Waals surface area contributed by atoms with Gasteiger partial charge in [0.1, 0.15) is 11.0 Å². The number of para-hydroxylation sites is 3. The summed E-state index contributed by atoms with van der Waals surface area (Å²) in [6.07, 6.45) is 0. The zero-order chi connectivity index (χ0) is 18.3. The normalized spacial score (nSPS) is 12.1. The molecule has 0 saturated carbocycles. The fourth-order valence-electron chi connectivity index (χ4n) is 2.82. The van der Waals surface area contributed by atoms with Crippen LogP contribution in [0.4, 0.5) is 5.69 Å². The number of carbonyl (C=O) groups is 1. The molecule has 8 heteroatoms. The summed E-state index contributed by atoms with van der Waals surface area (Å²) in [5.41, 5.74) is 1.20. The van der Waals surface area contributed by atoms with Gasteiger partial charge in [0.15, 0.2) is 11.5 Å². The summed E-state index contributed by atoms with van der Waals surface area (Å²) in [5, 5.41) is 21.1. The van der Waals surface area contributed by atoms with Crippen LogP contribution in [-0.2, 0) is 0 Å². The lowest BCUT2D eigenvalue weighted by atomic mass is 10.0. The predicted octanol–water partition coefficient (Wildman–Crippen LogP) is 3.71. The minimum absolute atomic E-state index is 0.00754. The Bertz CT molecular complexity index is 1180. The van der Waals surface area contributed by atoms with E-state index in [1.807, 2.05) is 6.07 Å². The Morgan fingerprint density at radius 1 is 1.27 bits per heavy atom. The molecule has 2 aromatic carbocycles. The van der Waals surface area contributed by atoms with Gasteiger partial charge in [-0.3, -0.25) is 14.9 Å². The number of nitro groups is 1. The number of aromatic amines is 1. The maximum atomic E-state index is 12.8. The lowest BCUT2D eigenvalue weighted by molar-refractivity contribution is -0.383. The number of oxazole rings is 1. The van der Waals surface area contributed by atoms with Gasteiger partial charge in [0.2, 0.25) is 11.7 Å². The highest BCUT2D eigenvalue weighted by molar-refractivity contribution is 6.05. The Morgan fingerprint density at radius 3 is 2.81 bits per heavy atom. The number of hydrogen-bond acceptors (Lipinski definition) is 6. The van der Waals surface area contributed by atoms with Crippen LogP contribution in [0, 0.1) is 21.4 Å². The number of hydrogen-bond donors (Lipinski definition) is 1. The van der Waals surface area contributed by atoms with Crippen LogP contribution in [-0.4, -0.2) is 20.7 Å². The summed E-state index contributed by atoms with van der Waals surface area (Å²) in [6, 6.07) is 14.8. The zero-order valence-corrected chi connectivity index (χ0v) is 13.2. The highest BCUT2D eigenvalue weighted by Gasteiger charge is 2.29. The third kappa shape index (κ3) is 2.39. The highest BCUT2D eigenvalue weighted by Crippen LogP contribution is 2.29. The smallest absolute Gasteiger partial charge is 0.293 e. The molecular formula is C18H10N4O4. The first-order chi connectivity index (χ1) is 12.6. The van der Waals surface area contributed by atoms with Gasteiger partial charge >= 0.3 is 0 Å². The van der Waals surface area contributed by atoms with E-state index in [2.05, 4.69) is 9.97 Å². The van der Waals surface area contributed by atoms with Crippen molar-refractivity contribution >= 4 is 33.5 Å². The third-order valence-electron chi connectivity index (χ3n) is 4.05. The molecule has 0 aliphatic rings. The number of carbonyl (C=O) groups excluding carboxylic acids is 1. The maximum Gasteiger partial charge on any atom is 0.293 e. The monoisotopic (exact) mass is 346 g/mol. The topological polar surface area (TPSA) is 126 Å². The number of nitriles is 1. The van der Waals surface area contributed by atoms with Gasteiger partial charge in [0.25, 0.3) is 5.69 Å². The molecule has 0 saturated heterocycles. The molecule has 8 nitrogen and oxygen atoms in total. The number of non-ortho nitro benzene ring substituents is 1. The first-order valence-electron chi connectivity index (χ1n) is 7.64. The zero-order valence-electron chi connectivity index (χ0n) is 13.2. The van der Waals surface area contributed by atoms with Gasteiger partial charge in [-0.25, -0.2) is 4.98 Å². The van der Waals surface area contributed by atoms with E-state index in [4.69, 9.17) is 4.42 Å². The van der Waals surface area contributed by atoms with E-state index in [1.165, 1.54) is 18.2 Å². The molecule has 0 aliphatic heterocycles. The Hall–Kier alpha value is -3.99. The number of rotatable bonds is 4. The molecule has 1 atom stereocenters. The Morgan fingerprint density at radius 2 is 2.08 bits per heavy atom. The maximum absolute atomic E-state index is 12.8. The summed E-state index contributed by atoms with van der Waals surface area (Å²) < 4.78 is 5.52. The number of nitrogens with zero attached hydrogens (tertiary/aromatic N) is 3. The molecule has 0 aliphatic carbocycles. The summed E-state index contributed by atoms with van der Waals surface area (Å²) in [5.74, 6) is -1.83. The SMILES string of the molecule is N#CC(C(=O)c1cc2cccc([N+](=O)[O-])c2[nH]1)c1nc2ccccc2o1. The molecule has 0 spiro atoms. The molecular weight excluding hydrogens is 336 g/mol. The molecule has 0 bridgehead atoms. The van der Waals surface area contributed by atoms with Crippen LogP contribution in [0.5, 0.6) is 0 Å². The van der Waals surface area contributed by atoms with Crippen molar-refractivity contribution in [1.82, 2.24) is 9.97 Å². The fourth-order valence-corrected chi connectivity index (χ4v) is 2.82. The van der Waals surface area contributed by atoms with Crippen molar-refractivity contribution in [3.63, 3.8) is 0 Å². The number of nitrogens with one attached hydrogen (secondary N) is 1. The van der Waals surface area contributed by atoms with E-state index in [9.17, 15) is 20.2 Å². The van der Waals surface area contributed by atoms with Crippen LogP contribution >= 0.6 is 0 Å². The number of ketones is 1. The van der Waals surface area contributed by atoms with Crippen molar-refractivity contribution in [2.24, 2.45) is 0 Å². The molecule has 126 valence electrons. The average molecular weight is 346 g/mol. The molecule has 4 aromatic rings. The molecule has 26 heavy (non-hydrogen) atoms. The van der Waals surface area contributed by atoms with Crippen molar-refractivity contribution in [3.8, 4) is 6.07 Å². The predicted molar refractivity (Wildman–Crippen MR) is 91.6 cm³/mol. The number of benzene rings is 2. The van der Waals surface area contributed by atoms with E-state index < -0.39 is 16.6 Å². The van der Waals surface area contributed by atoms with Crippen LogP contribution in [0.25, 0.3) is 22.0 Å². The van der Waals surface area contributed by atoms with Gasteiger partial charge in [-0.05, 0) is 18.2 Å². The number of nitro benzene ring substituents is 1. The second-order valence-electron chi connectivity index (χ2n) is 5.63. The van der Waals surface area contributed by atoms with Crippen molar-refractivity contribution < 1.29 is 14.1 Å². The summed E-state index contributed by atoms with van der Waals surface area (Å²) in [4.78, 5) is 30.3. The number of fused-ring (bicyclic) bond motifs is 2. The molecule has 1 unspecified atom stereocenters. The number of Topliss-reactive ketones (excluding diaryl/α,β-unsaturated/α-hetero) is 1. The van der Waals surface area contributed by atoms with E-state index in [-0.39, 0.29) is 22.8 Å². The van der Waals surface area contributed by atoms with Crippen LogP contribution in [0.2, 0.25) is 0 Å². The van der Waals surface area contributed by atoms with Gasteiger partial charge in [-0.2, -0.15) is 5.26 Å². The van der Waals surface area contributed by atoms with Crippen LogP contribution in [0.15, 0.2) is 52.9 Å². The van der Waals surface area contributed by atoms with Crippen molar-refractivity contribution in [3.05, 3.63) is 70.2 Å². The van der Waals surface area contributed by atoms with Crippen molar-refractivity contribution in [1.29, 1.82) is 5.26 Å². The first kappa shape index (κ1) is 15.5. The highest BCUT2D eigenvalue weighted by atomic mass is 16.6. The molecule has 2 heterocycles. The lowest BCUT2D eigenvalue weighted by Crippen LogP contribution is -2.12. The Kier molecular flexibility index (Phi) is 3.48. The quantitative estimate of drug-likeness (QED) is 0.341. The summed E-state index contributed by atoms with van der Waals surface area (Å²) in [6.45, 7) is 0. The molecule has 0 radical (unpaired) electrons. The average Bonchev–Trinajstić information content (AvgIpc) is 3.25. The fraction of sp³-hybridized carbons (Fsp3) is 0.0556. The minimum atomic E-state index is -1.26. The van der Waals surface area contributed by atoms with E-state index in [0.29, 0.717) is 16.5 Å². The standard InChI is InChI=1S/C18H10N4O4/c19-9-11(18-21-12-5-1-2-7-15(12)26-18)17(23)13-8-10-4-3-6-14(22(24)25)16(10)20-13/h1-8,11,20H. The second-order valence-corrected chi connectivity index (χ2v) is 5.63. The first-order valence-corrected chi connectivity index (χ1v) is 7.64. The molecule has 0 amide bonds. The number of aromatic nitrogens is 2. The van der Waals surface area contributed by atoms with E-state index in [1.54, 1.807) is 30.3 Å². The second kappa shape index (κ2) is 5.82. The largest absolute Gasteiger partial charge is 0.439 e. The van der Waals surface area contributed by atoms with Gasteiger partial charge < -0.3 is 9.40 Å². The van der Waals surface area contributed by atoms with Gasteiger partial charge in [-0.1, -0.05) is 24.3 Å². The molecule has 1 N–H and O–H groups in total. The summed E-state index contributed by atoms with van der Waals surface area (Å²) >= 11 is 0. The van der Waals surface area contributed by atoms with Crippen LogP contribution < -0.4 is 0 Å². The molecule has 0 fully saturated rings. The van der Waals surface area contributed by atoms with Gasteiger partial charge in [0.05, 0.1) is 16.7 Å². The minimum Gasteiger partial charge on any atom is -0.439 e. The van der Waals surface area contributed by atoms with Crippen LogP contribution in [0.1, 0.15) is 22.3 Å². The molecule has 4 rings (SSSR count). The van der Waals surface area contributed by atoms with E-state index in [0.717, 1.165) is 0 Å². The third-order valence-corrected chi connectivity index (χ3v) is 4.05. The lowest BCUT2D eigenvalue weighted by Gasteiger charge is -2.01. The molecule has 2 aromatic heterocycles. The van der Waals surface area contributed by atoms with E-state index >= 15 is 0 Å². The summed E-state index contributed by atoms with van der Waals surface area (Å²) in [7, 11) is 0. The Labute approximate surface area is 145 Å². The van der Waals surface area contributed by atoms with Crippen molar-refractivity contribution in [2.75, 3.05) is 0 Å². The van der Waals surface area contributed by atoms with Crippen LogP contribution in [0.3, 0.4) is 0 Å². The Balaban J connectivity index is 1.78. The van der Waals surface area contributed by atoms with Crippen molar-refractivity contribution in [2.45, 2.75) is 5.92 Å². The van der Waals surface area contributed by atoms with Gasteiger partial charge in [-0.15, -0.1) is 0 Å².